The second-order valence-electron chi connectivity index (χ2n) is 7.74. The van der Waals surface area contributed by atoms with Crippen LogP contribution in [0.25, 0.3) is 0 Å². The summed E-state index contributed by atoms with van der Waals surface area (Å²) in [5.74, 6) is 1.71. The van der Waals surface area contributed by atoms with Gasteiger partial charge in [-0.1, -0.05) is 36.8 Å². The molecule has 2 aliphatic rings. The van der Waals surface area contributed by atoms with E-state index >= 15 is 0 Å². The van der Waals surface area contributed by atoms with E-state index in [0.29, 0.717) is 5.54 Å². The minimum absolute atomic E-state index is 0.292. The van der Waals surface area contributed by atoms with Crippen molar-refractivity contribution in [2.75, 3.05) is 20.8 Å². The second kappa shape index (κ2) is 7.32. The van der Waals surface area contributed by atoms with Crippen molar-refractivity contribution in [1.82, 2.24) is 4.90 Å². The third-order valence-corrected chi connectivity index (χ3v) is 6.29. The third kappa shape index (κ3) is 3.21. The summed E-state index contributed by atoms with van der Waals surface area (Å²) >= 11 is 0. The van der Waals surface area contributed by atoms with Gasteiger partial charge >= 0.3 is 0 Å². The first-order valence-electron chi connectivity index (χ1n) is 9.77. The van der Waals surface area contributed by atoms with Gasteiger partial charge in [-0.05, 0) is 67.5 Å². The molecule has 3 heteroatoms. The average Bonchev–Trinajstić information content (AvgIpc) is 2.69. The third-order valence-electron chi connectivity index (χ3n) is 6.29. The predicted octanol–water partition coefficient (Wildman–Crippen LogP) is 4.62. The molecule has 1 unspecified atom stereocenters. The van der Waals surface area contributed by atoms with Crippen LogP contribution in [-0.2, 0) is 19.4 Å². The van der Waals surface area contributed by atoms with Gasteiger partial charge in [0.2, 0.25) is 0 Å². The van der Waals surface area contributed by atoms with E-state index in [1.807, 2.05) is 0 Å². The minimum atomic E-state index is 0.292. The average molecular weight is 351 g/mol. The molecule has 1 spiro atoms. The van der Waals surface area contributed by atoms with E-state index in [-0.39, 0.29) is 0 Å². The van der Waals surface area contributed by atoms with Crippen molar-refractivity contribution in [2.45, 2.75) is 50.6 Å². The molecule has 2 aromatic rings. The van der Waals surface area contributed by atoms with Crippen LogP contribution in [0.5, 0.6) is 11.5 Å². The maximum Gasteiger partial charge on any atom is 0.161 e. The summed E-state index contributed by atoms with van der Waals surface area (Å²) < 4.78 is 11.1. The Hall–Kier alpha value is -2.00. The first kappa shape index (κ1) is 17.4. The number of nitrogens with zero attached hydrogens (tertiary/aromatic N) is 1. The number of rotatable bonds is 4. The Morgan fingerprint density at radius 3 is 2.38 bits per heavy atom. The number of benzene rings is 2. The van der Waals surface area contributed by atoms with Crippen molar-refractivity contribution in [3.63, 3.8) is 0 Å². The van der Waals surface area contributed by atoms with Gasteiger partial charge in [0.1, 0.15) is 0 Å². The number of fused-ring (bicyclic) bond motifs is 1. The Morgan fingerprint density at radius 2 is 1.65 bits per heavy atom. The molecule has 0 bridgehead atoms. The summed E-state index contributed by atoms with van der Waals surface area (Å²) in [7, 11) is 3.45. The molecular weight excluding hydrogens is 322 g/mol. The van der Waals surface area contributed by atoms with Crippen LogP contribution in [0.1, 0.15) is 42.4 Å². The quantitative estimate of drug-likeness (QED) is 0.802. The number of ether oxygens (including phenoxy) is 2. The van der Waals surface area contributed by atoms with E-state index in [0.717, 1.165) is 30.9 Å². The highest BCUT2D eigenvalue weighted by atomic mass is 16.5. The second-order valence-corrected chi connectivity index (χ2v) is 7.74. The van der Waals surface area contributed by atoms with Gasteiger partial charge in [-0.3, -0.25) is 4.90 Å². The van der Waals surface area contributed by atoms with Crippen molar-refractivity contribution in [3.8, 4) is 11.5 Å². The highest BCUT2D eigenvalue weighted by molar-refractivity contribution is 5.49. The molecule has 0 aromatic heterocycles. The summed E-state index contributed by atoms with van der Waals surface area (Å²) in [6.07, 6.45) is 7.44. The fraction of sp³-hybridized carbons (Fsp3) is 0.478. The maximum atomic E-state index is 5.56. The Balaban J connectivity index is 1.63. The summed E-state index contributed by atoms with van der Waals surface area (Å²) in [4.78, 5) is 2.76. The molecule has 138 valence electrons. The SMILES string of the molecule is COc1cc2c(cc1OC)CC1(CCCCN1Cc1ccccc1)CC2. The van der Waals surface area contributed by atoms with Crippen LogP contribution in [0.4, 0.5) is 0 Å². The van der Waals surface area contributed by atoms with Crippen molar-refractivity contribution in [3.05, 3.63) is 59.2 Å². The number of likely N-dealkylation sites (tertiary alicyclic amines) is 1. The summed E-state index contributed by atoms with van der Waals surface area (Å²) in [6.45, 7) is 2.26. The largest absolute Gasteiger partial charge is 0.493 e. The van der Waals surface area contributed by atoms with E-state index in [9.17, 15) is 0 Å². The molecule has 0 amide bonds. The van der Waals surface area contributed by atoms with Crippen LogP contribution < -0.4 is 9.47 Å². The molecule has 1 aliphatic heterocycles. The van der Waals surface area contributed by atoms with Gasteiger partial charge < -0.3 is 9.47 Å². The van der Waals surface area contributed by atoms with E-state index < -0.39 is 0 Å². The van der Waals surface area contributed by atoms with E-state index in [1.165, 1.54) is 48.9 Å². The normalized spacial score (nSPS) is 22.8. The van der Waals surface area contributed by atoms with Crippen LogP contribution in [0, 0.1) is 0 Å². The molecular formula is C23H29NO2. The summed E-state index contributed by atoms with van der Waals surface area (Å²) in [5.41, 5.74) is 4.58. The molecule has 0 saturated carbocycles. The monoisotopic (exact) mass is 351 g/mol. The van der Waals surface area contributed by atoms with Gasteiger partial charge in [-0.25, -0.2) is 0 Å². The molecule has 0 radical (unpaired) electrons. The van der Waals surface area contributed by atoms with Crippen LogP contribution in [-0.4, -0.2) is 31.2 Å². The lowest BCUT2D eigenvalue weighted by Crippen LogP contribution is -2.54. The summed E-state index contributed by atoms with van der Waals surface area (Å²) in [6, 6.07) is 15.3. The summed E-state index contributed by atoms with van der Waals surface area (Å²) in [5, 5.41) is 0. The molecule has 26 heavy (non-hydrogen) atoms. The Labute approximate surface area is 156 Å². The smallest absolute Gasteiger partial charge is 0.161 e. The topological polar surface area (TPSA) is 21.7 Å². The van der Waals surface area contributed by atoms with Crippen molar-refractivity contribution < 1.29 is 9.47 Å². The lowest BCUT2D eigenvalue weighted by atomic mass is 9.72. The number of hydrogen-bond donors (Lipinski definition) is 0. The van der Waals surface area contributed by atoms with Crippen LogP contribution in [0.15, 0.2) is 42.5 Å². The number of hydrogen-bond acceptors (Lipinski definition) is 3. The fourth-order valence-corrected chi connectivity index (χ4v) is 4.86. The molecule has 1 heterocycles. The Morgan fingerprint density at radius 1 is 0.923 bits per heavy atom. The predicted molar refractivity (Wildman–Crippen MR) is 105 cm³/mol. The van der Waals surface area contributed by atoms with Gasteiger partial charge in [0, 0.05) is 12.1 Å². The minimum Gasteiger partial charge on any atom is -0.493 e. The molecule has 4 rings (SSSR count). The van der Waals surface area contributed by atoms with E-state index in [4.69, 9.17) is 9.47 Å². The number of piperidine rings is 1. The number of aryl methyl sites for hydroxylation is 1. The lowest BCUT2D eigenvalue weighted by molar-refractivity contribution is 0.0266. The first-order chi connectivity index (χ1) is 12.7. The standard InChI is InChI=1S/C23H29NO2/c1-25-21-14-19-10-12-23(16-20(19)15-22(21)26-2)11-6-7-13-24(23)17-18-8-4-3-5-9-18/h3-5,8-9,14-15H,6-7,10-13,16-17H2,1-2H3. The number of methoxy groups -OCH3 is 2. The Bertz CT molecular complexity index is 758. The Kier molecular flexibility index (Phi) is 4.90. The van der Waals surface area contributed by atoms with Gasteiger partial charge in [-0.15, -0.1) is 0 Å². The van der Waals surface area contributed by atoms with Gasteiger partial charge in [0.25, 0.3) is 0 Å². The molecule has 0 N–H and O–H groups in total. The van der Waals surface area contributed by atoms with Crippen molar-refractivity contribution in [2.24, 2.45) is 0 Å². The molecule has 2 aromatic carbocycles. The van der Waals surface area contributed by atoms with Gasteiger partial charge in [-0.2, -0.15) is 0 Å². The first-order valence-corrected chi connectivity index (χ1v) is 9.77. The van der Waals surface area contributed by atoms with Crippen molar-refractivity contribution >= 4 is 0 Å². The molecule has 1 saturated heterocycles. The molecule has 1 aliphatic carbocycles. The fourth-order valence-electron chi connectivity index (χ4n) is 4.86. The van der Waals surface area contributed by atoms with Crippen LogP contribution >= 0.6 is 0 Å². The zero-order valence-corrected chi connectivity index (χ0v) is 16.0. The zero-order valence-electron chi connectivity index (χ0n) is 16.0. The molecule has 1 fully saturated rings. The zero-order chi connectivity index (χ0) is 18.0. The van der Waals surface area contributed by atoms with Gasteiger partial charge in [0.05, 0.1) is 14.2 Å². The van der Waals surface area contributed by atoms with Gasteiger partial charge in [0.15, 0.2) is 11.5 Å². The van der Waals surface area contributed by atoms with Crippen molar-refractivity contribution in [1.29, 1.82) is 0 Å². The lowest BCUT2D eigenvalue weighted by Gasteiger charge is -2.50. The highest BCUT2D eigenvalue weighted by Gasteiger charge is 2.41. The maximum absolute atomic E-state index is 5.56. The van der Waals surface area contributed by atoms with E-state index in [1.54, 1.807) is 14.2 Å². The molecule has 1 atom stereocenters. The van der Waals surface area contributed by atoms with E-state index in [2.05, 4.69) is 47.4 Å². The van der Waals surface area contributed by atoms with Crippen LogP contribution in [0.3, 0.4) is 0 Å². The molecule has 3 nitrogen and oxygen atoms in total. The highest BCUT2D eigenvalue weighted by Crippen LogP contribution is 2.43. The van der Waals surface area contributed by atoms with Crippen LogP contribution in [0.2, 0.25) is 0 Å².